The largest absolute Gasteiger partial charge is 0.344 e. The Balaban J connectivity index is 1.45. The Labute approximate surface area is 243 Å². The zero-order valence-electron chi connectivity index (χ0n) is 24.3. The fourth-order valence-corrected chi connectivity index (χ4v) is 6.74. The van der Waals surface area contributed by atoms with Crippen molar-refractivity contribution >= 4 is 17.7 Å². The van der Waals surface area contributed by atoms with Gasteiger partial charge in [0.2, 0.25) is 17.7 Å². The van der Waals surface area contributed by atoms with Gasteiger partial charge in [-0.3, -0.25) is 14.4 Å². The highest BCUT2D eigenvalue weighted by Crippen LogP contribution is 2.27. The van der Waals surface area contributed by atoms with Crippen molar-refractivity contribution in [1.29, 1.82) is 0 Å². The predicted octanol–water partition coefficient (Wildman–Crippen LogP) is 2.90. The minimum absolute atomic E-state index is 0.0236. The molecular weight excluding hydrogens is 518 g/mol. The molecule has 41 heavy (non-hydrogen) atoms. The number of rotatable bonds is 4. The zero-order chi connectivity index (χ0) is 28.8. The highest BCUT2D eigenvalue weighted by molar-refractivity contribution is 5.88. The quantitative estimate of drug-likeness (QED) is 0.589. The summed E-state index contributed by atoms with van der Waals surface area (Å²) in [6.45, 7) is 3.72. The molecule has 3 N–H and O–H groups in total. The first-order valence-corrected chi connectivity index (χ1v) is 15.5. The normalized spacial score (nSPS) is 24.1. The van der Waals surface area contributed by atoms with E-state index < -0.39 is 18.1 Å². The van der Waals surface area contributed by atoms with Gasteiger partial charge in [-0.15, -0.1) is 0 Å². The van der Waals surface area contributed by atoms with Crippen LogP contribution < -0.4 is 11.1 Å². The van der Waals surface area contributed by atoms with E-state index in [0.29, 0.717) is 63.5 Å². The summed E-state index contributed by atoms with van der Waals surface area (Å²) in [5.41, 5.74) is 7.64. The van der Waals surface area contributed by atoms with Gasteiger partial charge in [0.15, 0.2) is 0 Å². The molecule has 222 valence electrons. The van der Waals surface area contributed by atoms with Crippen LogP contribution in [-0.2, 0) is 27.3 Å². The average molecular weight is 564 g/mol. The Bertz CT molecular complexity index is 1190. The summed E-state index contributed by atoms with van der Waals surface area (Å²) in [5, 5.41) is 7.93. The minimum atomic E-state index is -0.529. The first-order valence-electron chi connectivity index (χ1n) is 15.5. The van der Waals surface area contributed by atoms with Crippen LogP contribution in [0.3, 0.4) is 0 Å². The molecule has 10 heteroatoms. The summed E-state index contributed by atoms with van der Waals surface area (Å²) in [6.07, 6.45) is 9.23. The van der Waals surface area contributed by atoms with Gasteiger partial charge in [0.25, 0.3) is 0 Å². The Kier molecular flexibility index (Phi) is 9.69. The third-order valence-electron chi connectivity index (χ3n) is 9.00. The SMILES string of the molecule is Cc1nc2n(n1)CCN(C(=O)[C@@H](N)C1CCCCC1)CCCC(=O)N1CCCC[C@H]1C(=O)N[C@@H]2Cc1ccccc1. The van der Waals surface area contributed by atoms with Crippen molar-refractivity contribution < 1.29 is 14.4 Å². The van der Waals surface area contributed by atoms with Gasteiger partial charge in [-0.2, -0.15) is 5.10 Å². The molecule has 0 spiro atoms. The molecule has 0 radical (unpaired) electrons. The number of nitrogens with two attached hydrogens (primary N) is 1. The Morgan fingerprint density at radius 2 is 1.73 bits per heavy atom. The topological polar surface area (TPSA) is 126 Å². The fraction of sp³-hybridized carbons (Fsp3) is 0.645. The molecule has 3 amide bonds. The third kappa shape index (κ3) is 7.15. The number of aryl methyl sites for hydroxylation is 1. The Hall–Kier alpha value is -3.27. The van der Waals surface area contributed by atoms with Crippen molar-refractivity contribution in [1.82, 2.24) is 29.9 Å². The molecule has 1 aromatic carbocycles. The third-order valence-corrected chi connectivity index (χ3v) is 9.00. The lowest BCUT2D eigenvalue weighted by Crippen LogP contribution is -2.53. The standard InChI is InChI=1S/C31H45N7O3/c1-22-33-29-25(21-23-11-4-2-5-12-23)34-30(40)26-15-8-9-18-37(26)27(39)16-10-17-36(19-20-38(29)35-22)31(41)28(32)24-13-6-3-7-14-24/h2,4-5,11-12,24-26,28H,3,6-10,13-21,32H2,1H3,(H,34,40)/t25-,26+,28+/m1/s1. The molecule has 0 bridgehead atoms. The van der Waals surface area contributed by atoms with Crippen LogP contribution in [0.2, 0.25) is 0 Å². The number of benzene rings is 1. The first-order chi connectivity index (χ1) is 19.9. The first kappa shape index (κ1) is 29.2. The molecule has 3 aliphatic rings. The number of hydrogen-bond donors (Lipinski definition) is 2. The van der Waals surface area contributed by atoms with E-state index in [1.165, 1.54) is 6.42 Å². The van der Waals surface area contributed by atoms with Gasteiger partial charge >= 0.3 is 0 Å². The highest BCUT2D eigenvalue weighted by Gasteiger charge is 2.35. The molecule has 0 unspecified atom stereocenters. The fourth-order valence-electron chi connectivity index (χ4n) is 6.74. The molecule has 3 heterocycles. The molecule has 10 nitrogen and oxygen atoms in total. The maximum absolute atomic E-state index is 13.7. The number of nitrogens with one attached hydrogen (secondary N) is 1. The maximum Gasteiger partial charge on any atom is 0.243 e. The highest BCUT2D eigenvalue weighted by atomic mass is 16.2. The molecule has 1 saturated heterocycles. The van der Waals surface area contributed by atoms with Gasteiger partial charge in [0.1, 0.15) is 17.7 Å². The van der Waals surface area contributed by atoms with Gasteiger partial charge in [-0.1, -0.05) is 49.6 Å². The van der Waals surface area contributed by atoms with E-state index in [1.54, 1.807) is 4.90 Å². The lowest BCUT2D eigenvalue weighted by Gasteiger charge is -2.36. The van der Waals surface area contributed by atoms with E-state index in [1.807, 2.05) is 46.8 Å². The smallest absolute Gasteiger partial charge is 0.243 e. The number of aromatic nitrogens is 3. The molecule has 1 saturated carbocycles. The molecule has 2 aromatic rings. The maximum atomic E-state index is 13.7. The van der Waals surface area contributed by atoms with Crippen LogP contribution in [0.1, 0.15) is 87.5 Å². The Morgan fingerprint density at radius 3 is 2.51 bits per heavy atom. The molecule has 3 atom stereocenters. The van der Waals surface area contributed by atoms with Gasteiger partial charge in [-0.25, -0.2) is 9.67 Å². The molecule has 1 aliphatic carbocycles. The summed E-state index contributed by atoms with van der Waals surface area (Å²) in [5.74, 6) is 1.27. The van der Waals surface area contributed by atoms with Crippen LogP contribution in [0.15, 0.2) is 30.3 Å². The van der Waals surface area contributed by atoms with Crippen molar-refractivity contribution in [3.8, 4) is 0 Å². The number of carbonyl (C=O) groups excluding carboxylic acids is 3. The van der Waals surface area contributed by atoms with Crippen LogP contribution >= 0.6 is 0 Å². The van der Waals surface area contributed by atoms with Crippen molar-refractivity contribution in [3.05, 3.63) is 47.5 Å². The summed E-state index contributed by atoms with van der Waals surface area (Å²) >= 11 is 0. The number of carbonyl (C=O) groups is 3. The van der Waals surface area contributed by atoms with E-state index in [-0.39, 0.29) is 23.6 Å². The lowest BCUT2D eigenvalue weighted by atomic mass is 9.83. The van der Waals surface area contributed by atoms with E-state index in [9.17, 15) is 14.4 Å². The van der Waals surface area contributed by atoms with E-state index in [4.69, 9.17) is 10.7 Å². The molecule has 2 aliphatic heterocycles. The zero-order valence-corrected chi connectivity index (χ0v) is 24.3. The van der Waals surface area contributed by atoms with Crippen molar-refractivity contribution in [2.24, 2.45) is 11.7 Å². The summed E-state index contributed by atoms with van der Waals surface area (Å²) in [7, 11) is 0. The van der Waals surface area contributed by atoms with E-state index in [2.05, 4.69) is 10.4 Å². The van der Waals surface area contributed by atoms with Gasteiger partial charge in [0.05, 0.1) is 18.6 Å². The van der Waals surface area contributed by atoms with Crippen LogP contribution in [0.5, 0.6) is 0 Å². The second-order valence-corrected chi connectivity index (χ2v) is 11.9. The summed E-state index contributed by atoms with van der Waals surface area (Å²) in [6, 6.07) is 8.54. The number of piperidine rings is 1. The second-order valence-electron chi connectivity index (χ2n) is 11.9. The molecule has 5 rings (SSSR count). The van der Waals surface area contributed by atoms with Crippen molar-refractivity contribution in [2.45, 2.75) is 102 Å². The molecule has 2 fully saturated rings. The minimum Gasteiger partial charge on any atom is -0.344 e. The second kappa shape index (κ2) is 13.6. The van der Waals surface area contributed by atoms with E-state index in [0.717, 1.165) is 44.1 Å². The summed E-state index contributed by atoms with van der Waals surface area (Å²) < 4.78 is 1.84. The van der Waals surface area contributed by atoms with Crippen LogP contribution in [0.25, 0.3) is 0 Å². The summed E-state index contributed by atoms with van der Waals surface area (Å²) in [4.78, 5) is 49.2. The van der Waals surface area contributed by atoms with Gasteiger partial charge in [-0.05, 0) is 63.4 Å². The van der Waals surface area contributed by atoms with Gasteiger partial charge < -0.3 is 20.9 Å². The average Bonchev–Trinajstić information content (AvgIpc) is 3.38. The van der Waals surface area contributed by atoms with Crippen molar-refractivity contribution in [3.63, 3.8) is 0 Å². The van der Waals surface area contributed by atoms with Crippen LogP contribution in [-0.4, -0.2) is 74.0 Å². The van der Waals surface area contributed by atoms with Crippen LogP contribution in [0, 0.1) is 12.8 Å². The predicted molar refractivity (Wildman–Crippen MR) is 156 cm³/mol. The Morgan fingerprint density at radius 1 is 0.976 bits per heavy atom. The number of fused-ring (bicyclic) bond motifs is 2. The number of hydrogen-bond acceptors (Lipinski definition) is 6. The van der Waals surface area contributed by atoms with E-state index >= 15 is 0 Å². The molecular formula is C31H45N7O3. The van der Waals surface area contributed by atoms with Gasteiger partial charge in [0, 0.05) is 26.1 Å². The monoisotopic (exact) mass is 563 g/mol. The number of nitrogens with zero attached hydrogens (tertiary/aromatic N) is 5. The van der Waals surface area contributed by atoms with Crippen LogP contribution in [0.4, 0.5) is 0 Å². The lowest BCUT2D eigenvalue weighted by molar-refractivity contribution is -0.143. The van der Waals surface area contributed by atoms with Crippen molar-refractivity contribution in [2.75, 3.05) is 19.6 Å². The number of amides is 3. The molecule has 1 aromatic heterocycles.